The Kier molecular flexibility index (Phi) is 5.95. The number of likely N-dealkylation sites (tertiary alicyclic amines) is 1. The molecule has 0 radical (unpaired) electrons. The third-order valence-electron chi connectivity index (χ3n) is 4.42. The van der Waals surface area contributed by atoms with Crippen molar-refractivity contribution in [3.63, 3.8) is 0 Å². The highest BCUT2D eigenvalue weighted by Crippen LogP contribution is 2.16. The lowest BCUT2D eigenvalue weighted by Gasteiger charge is -2.34. The van der Waals surface area contributed by atoms with Crippen molar-refractivity contribution < 1.29 is 9.53 Å². The molecular formula is C19H24N4O2. The summed E-state index contributed by atoms with van der Waals surface area (Å²) < 4.78 is 5.74. The standard InChI is InChI=1S/C19H24N4O2/c1-15(25-14-16-6-3-2-4-7-16)19(24)23-12-9-17(10-13-23)21-18-8-5-11-20-22-18/h2-8,11,15,17H,9-10,12-14H2,1H3,(H,21,22)/t15-/m1/s1. The Hall–Kier alpha value is -2.47. The third kappa shape index (κ3) is 5.00. The van der Waals surface area contributed by atoms with Crippen molar-refractivity contribution in [2.75, 3.05) is 18.4 Å². The molecule has 0 aliphatic carbocycles. The second kappa shape index (κ2) is 8.58. The molecule has 1 N–H and O–H groups in total. The fourth-order valence-electron chi connectivity index (χ4n) is 2.96. The number of carbonyl (C=O) groups is 1. The van der Waals surface area contributed by atoms with E-state index in [0.717, 1.165) is 37.3 Å². The Balaban J connectivity index is 1.43. The first-order valence-electron chi connectivity index (χ1n) is 8.71. The fourth-order valence-corrected chi connectivity index (χ4v) is 2.96. The summed E-state index contributed by atoms with van der Waals surface area (Å²) in [6, 6.07) is 14.0. The molecule has 1 aliphatic rings. The number of benzene rings is 1. The van der Waals surface area contributed by atoms with Gasteiger partial charge in [-0.2, -0.15) is 5.10 Å². The number of carbonyl (C=O) groups excluding carboxylic acids is 1. The van der Waals surface area contributed by atoms with Crippen LogP contribution in [0.1, 0.15) is 25.3 Å². The van der Waals surface area contributed by atoms with Crippen molar-refractivity contribution in [2.24, 2.45) is 0 Å². The first-order chi connectivity index (χ1) is 12.2. The smallest absolute Gasteiger partial charge is 0.251 e. The van der Waals surface area contributed by atoms with Gasteiger partial charge in [-0.1, -0.05) is 30.3 Å². The summed E-state index contributed by atoms with van der Waals surface area (Å²) in [7, 11) is 0. The molecule has 1 saturated heterocycles. The Bertz CT molecular complexity index is 658. The molecule has 1 fully saturated rings. The van der Waals surface area contributed by atoms with Crippen molar-refractivity contribution in [3.8, 4) is 0 Å². The molecule has 1 aromatic heterocycles. The first-order valence-corrected chi connectivity index (χ1v) is 8.71. The van der Waals surface area contributed by atoms with Gasteiger partial charge in [-0.3, -0.25) is 4.79 Å². The Labute approximate surface area is 148 Å². The van der Waals surface area contributed by atoms with Gasteiger partial charge in [0.15, 0.2) is 0 Å². The van der Waals surface area contributed by atoms with E-state index < -0.39 is 6.10 Å². The third-order valence-corrected chi connectivity index (χ3v) is 4.42. The molecule has 0 spiro atoms. The van der Waals surface area contributed by atoms with Gasteiger partial charge in [-0.05, 0) is 37.5 Å². The van der Waals surface area contributed by atoms with Gasteiger partial charge >= 0.3 is 0 Å². The molecule has 6 nitrogen and oxygen atoms in total. The van der Waals surface area contributed by atoms with Gasteiger partial charge in [-0.15, -0.1) is 5.10 Å². The summed E-state index contributed by atoms with van der Waals surface area (Å²) in [5.41, 5.74) is 1.08. The lowest BCUT2D eigenvalue weighted by atomic mass is 10.0. The van der Waals surface area contributed by atoms with E-state index in [2.05, 4.69) is 15.5 Å². The van der Waals surface area contributed by atoms with E-state index in [1.807, 2.05) is 54.3 Å². The van der Waals surface area contributed by atoms with Gasteiger partial charge in [0.1, 0.15) is 11.9 Å². The maximum absolute atomic E-state index is 12.5. The highest BCUT2D eigenvalue weighted by atomic mass is 16.5. The summed E-state index contributed by atoms with van der Waals surface area (Å²) in [5, 5.41) is 11.3. The number of nitrogens with zero attached hydrogens (tertiary/aromatic N) is 3. The molecule has 3 rings (SSSR count). The van der Waals surface area contributed by atoms with Crippen LogP contribution in [0.3, 0.4) is 0 Å². The minimum Gasteiger partial charge on any atom is -0.366 e. The van der Waals surface area contributed by atoms with Crippen molar-refractivity contribution in [3.05, 3.63) is 54.2 Å². The molecule has 1 amide bonds. The van der Waals surface area contributed by atoms with Crippen molar-refractivity contribution >= 4 is 11.7 Å². The Morgan fingerprint density at radius 2 is 2.00 bits per heavy atom. The van der Waals surface area contributed by atoms with Crippen LogP contribution in [0.4, 0.5) is 5.82 Å². The molecule has 1 atom stereocenters. The van der Waals surface area contributed by atoms with Gasteiger partial charge in [0.25, 0.3) is 5.91 Å². The number of ether oxygens (including phenoxy) is 1. The van der Waals surface area contributed by atoms with Crippen molar-refractivity contribution in [1.82, 2.24) is 15.1 Å². The van der Waals surface area contributed by atoms with E-state index in [-0.39, 0.29) is 5.91 Å². The molecule has 1 aliphatic heterocycles. The zero-order valence-corrected chi connectivity index (χ0v) is 14.5. The summed E-state index contributed by atoms with van der Waals surface area (Å²) in [6.45, 7) is 3.75. The quantitative estimate of drug-likeness (QED) is 0.875. The van der Waals surface area contributed by atoms with Crippen LogP contribution in [0, 0.1) is 0 Å². The van der Waals surface area contributed by atoms with Gasteiger partial charge in [-0.25, -0.2) is 0 Å². The number of aromatic nitrogens is 2. The number of hydrogen-bond donors (Lipinski definition) is 1. The number of piperidine rings is 1. The van der Waals surface area contributed by atoms with Gasteiger partial charge in [0, 0.05) is 25.3 Å². The Morgan fingerprint density at radius 1 is 1.24 bits per heavy atom. The van der Waals surface area contributed by atoms with Crippen LogP contribution in [0.25, 0.3) is 0 Å². The van der Waals surface area contributed by atoms with Crippen LogP contribution in [0.15, 0.2) is 48.7 Å². The number of hydrogen-bond acceptors (Lipinski definition) is 5. The zero-order valence-electron chi connectivity index (χ0n) is 14.5. The largest absolute Gasteiger partial charge is 0.366 e. The number of amides is 1. The highest BCUT2D eigenvalue weighted by Gasteiger charge is 2.26. The SMILES string of the molecule is C[C@@H](OCc1ccccc1)C(=O)N1CCC(Nc2cccnn2)CC1. The average Bonchev–Trinajstić information content (AvgIpc) is 2.68. The summed E-state index contributed by atoms with van der Waals surface area (Å²) in [4.78, 5) is 14.4. The molecule has 2 heterocycles. The van der Waals surface area contributed by atoms with E-state index in [9.17, 15) is 4.79 Å². The van der Waals surface area contributed by atoms with Crippen LogP contribution in [0.5, 0.6) is 0 Å². The zero-order chi connectivity index (χ0) is 17.5. The maximum atomic E-state index is 12.5. The Morgan fingerprint density at radius 3 is 2.68 bits per heavy atom. The molecule has 25 heavy (non-hydrogen) atoms. The lowest BCUT2D eigenvalue weighted by Crippen LogP contribution is -2.46. The number of nitrogens with one attached hydrogen (secondary N) is 1. The molecule has 6 heteroatoms. The first kappa shape index (κ1) is 17.4. The topological polar surface area (TPSA) is 67.3 Å². The molecular weight excluding hydrogens is 316 g/mol. The summed E-state index contributed by atoms with van der Waals surface area (Å²) >= 11 is 0. The van der Waals surface area contributed by atoms with Crippen LogP contribution >= 0.6 is 0 Å². The molecule has 0 bridgehead atoms. The molecule has 0 unspecified atom stereocenters. The molecule has 2 aromatic rings. The predicted octanol–water partition coefficient (Wildman–Crippen LogP) is 2.48. The van der Waals surface area contributed by atoms with Crippen molar-refractivity contribution in [1.29, 1.82) is 0 Å². The van der Waals surface area contributed by atoms with E-state index in [0.29, 0.717) is 12.6 Å². The van der Waals surface area contributed by atoms with Gasteiger partial charge < -0.3 is 15.0 Å². The fraction of sp³-hybridized carbons (Fsp3) is 0.421. The highest BCUT2D eigenvalue weighted by molar-refractivity contribution is 5.80. The van der Waals surface area contributed by atoms with Crippen LogP contribution < -0.4 is 5.32 Å². The lowest BCUT2D eigenvalue weighted by molar-refractivity contribution is -0.144. The maximum Gasteiger partial charge on any atom is 0.251 e. The summed E-state index contributed by atoms with van der Waals surface area (Å²) in [6.07, 6.45) is 3.02. The average molecular weight is 340 g/mol. The second-order valence-corrected chi connectivity index (χ2v) is 6.29. The number of anilines is 1. The minimum absolute atomic E-state index is 0.0638. The molecule has 0 saturated carbocycles. The van der Waals surface area contributed by atoms with E-state index in [1.165, 1.54) is 0 Å². The van der Waals surface area contributed by atoms with Crippen LogP contribution in [0.2, 0.25) is 0 Å². The van der Waals surface area contributed by atoms with Crippen LogP contribution in [-0.2, 0) is 16.1 Å². The monoisotopic (exact) mass is 340 g/mol. The van der Waals surface area contributed by atoms with Gasteiger partial charge in [0.2, 0.25) is 0 Å². The van der Waals surface area contributed by atoms with E-state index >= 15 is 0 Å². The minimum atomic E-state index is -0.426. The molecule has 1 aromatic carbocycles. The predicted molar refractivity (Wildman–Crippen MR) is 95.9 cm³/mol. The second-order valence-electron chi connectivity index (χ2n) is 6.29. The normalized spacial score (nSPS) is 16.4. The van der Waals surface area contributed by atoms with Crippen LogP contribution in [-0.4, -0.2) is 46.2 Å². The van der Waals surface area contributed by atoms with E-state index in [1.54, 1.807) is 6.20 Å². The van der Waals surface area contributed by atoms with E-state index in [4.69, 9.17) is 4.74 Å². The van der Waals surface area contributed by atoms with Crippen molar-refractivity contribution in [2.45, 2.75) is 38.5 Å². The summed E-state index contributed by atoms with van der Waals surface area (Å²) in [5.74, 6) is 0.848. The number of rotatable bonds is 6. The van der Waals surface area contributed by atoms with Gasteiger partial charge in [0.05, 0.1) is 6.61 Å². The molecule has 132 valence electrons.